The number of allylic oxidation sites excluding steroid dienone is 2. The van der Waals surface area contributed by atoms with Crippen LogP contribution in [0.15, 0.2) is 23.8 Å². The van der Waals surface area contributed by atoms with E-state index in [2.05, 4.69) is 27.4 Å². The molecule has 4 nitrogen and oxygen atoms in total. The van der Waals surface area contributed by atoms with Crippen LogP contribution in [-0.4, -0.2) is 22.2 Å². The molecule has 2 rings (SSSR count). The zero-order chi connectivity index (χ0) is 19.9. The smallest absolute Gasteiger partial charge is 0.332 e. The lowest BCUT2D eigenvalue weighted by molar-refractivity contribution is -0.148. The van der Waals surface area contributed by atoms with Gasteiger partial charge in [0, 0.05) is 5.57 Å². The van der Waals surface area contributed by atoms with Crippen LogP contribution < -0.4 is 0 Å². The molecule has 0 aromatic rings. The minimum Gasteiger partial charge on any atom is -0.481 e. The van der Waals surface area contributed by atoms with Gasteiger partial charge in [0.25, 0.3) is 0 Å². The van der Waals surface area contributed by atoms with E-state index in [4.69, 9.17) is 0 Å². The van der Waals surface area contributed by atoms with Crippen LogP contribution in [0, 0.1) is 28.1 Å². The van der Waals surface area contributed by atoms with Gasteiger partial charge in [0.05, 0.1) is 5.41 Å². The Hall–Kier alpha value is -1.58. The van der Waals surface area contributed by atoms with Crippen LogP contribution in [0.2, 0.25) is 0 Å². The van der Waals surface area contributed by atoms with Crippen molar-refractivity contribution in [3.8, 4) is 0 Å². The van der Waals surface area contributed by atoms with Gasteiger partial charge in [-0.25, -0.2) is 4.79 Å². The van der Waals surface area contributed by atoms with E-state index >= 15 is 0 Å². The summed E-state index contributed by atoms with van der Waals surface area (Å²) in [6.45, 7) is 14.3. The van der Waals surface area contributed by atoms with Crippen molar-refractivity contribution in [2.24, 2.45) is 28.1 Å². The van der Waals surface area contributed by atoms with Crippen LogP contribution >= 0.6 is 0 Å². The highest BCUT2D eigenvalue weighted by atomic mass is 16.4. The van der Waals surface area contributed by atoms with Crippen molar-refractivity contribution in [2.75, 3.05) is 0 Å². The Kier molecular flexibility index (Phi) is 5.47. The van der Waals surface area contributed by atoms with E-state index in [0.29, 0.717) is 12.3 Å². The first-order valence-corrected chi connectivity index (χ1v) is 9.69. The van der Waals surface area contributed by atoms with Gasteiger partial charge in [0.1, 0.15) is 0 Å². The Labute approximate surface area is 157 Å². The lowest BCUT2D eigenvalue weighted by Crippen LogP contribution is -2.49. The van der Waals surface area contributed by atoms with Gasteiger partial charge in [-0.15, -0.1) is 0 Å². The summed E-state index contributed by atoms with van der Waals surface area (Å²) in [5, 5.41) is 19.0. The van der Waals surface area contributed by atoms with Gasteiger partial charge in [-0.1, -0.05) is 45.4 Å². The number of hydrogen-bond donors (Lipinski definition) is 2. The largest absolute Gasteiger partial charge is 0.481 e. The molecule has 2 aliphatic carbocycles. The van der Waals surface area contributed by atoms with Crippen LogP contribution in [0.3, 0.4) is 0 Å². The van der Waals surface area contributed by atoms with E-state index in [-0.39, 0.29) is 22.3 Å². The summed E-state index contributed by atoms with van der Waals surface area (Å²) in [6, 6.07) is 0. The maximum absolute atomic E-state index is 11.7. The number of carbonyl (C=O) groups is 2. The molecule has 0 heterocycles. The summed E-state index contributed by atoms with van der Waals surface area (Å²) >= 11 is 0. The van der Waals surface area contributed by atoms with Crippen molar-refractivity contribution in [3.05, 3.63) is 23.8 Å². The Morgan fingerprint density at radius 1 is 1.23 bits per heavy atom. The fourth-order valence-corrected chi connectivity index (χ4v) is 5.67. The number of carboxylic acid groups (broad SMARTS) is 2. The molecular weight excluding hydrogens is 328 g/mol. The molecule has 0 saturated heterocycles. The van der Waals surface area contributed by atoms with Crippen molar-refractivity contribution < 1.29 is 19.8 Å². The fraction of sp³-hybridized carbons (Fsp3) is 0.727. The number of aliphatic carboxylic acids is 2. The van der Waals surface area contributed by atoms with Gasteiger partial charge in [-0.3, -0.25) is 4.79 Å². The van der Waals surface area contributed by atoms with Gasteiger partial charge < -0.3 is 10.2 Å². The van der Waals surface area contributed by atoms with Crippen molar-refractivity contribution in [1.82, 2.24) is 0 Å². The SMILES string of the molecule is C=C1CCC2C(C)(C)CCC[C@]2(C)[C@H]1CC=C(C(=O)O)C(C)(C)C(=O)O. The second kappa shape index (κ2) is 6.86. The van der Waals surface area contributed by atoms with Crippen LogP contribution in [0.5, 0.6) is 0 Å². The van der Waals surface area contributed by atoms with Crippen LogP contribution in [0.4, 0.5) is 0 Å². The molecule has 26 heavy (non-hydrogen) atoms. The average Bonchev–Trinajstić information content (AvgIpc) is 2.48. The van der Waals surface area contributed by atoms with Gasteiger partial charge in [0.15, 0.2) is 0 Å². The molecule has 2 N–H and O–H groups in total. The molecule has 4 heteroatoms. The summed E-state index contributed by atoms with van der Waals surface area (Å²) in [7, 11) is 0. The Bertz CT molecular complexity index is 641. The number of hydrogen-bond acceptors (Lipinski definition) is 2. The lowest BCUT2D eigenvalue weighted by Gasteiger charge is -2.58. The highest BCUT2D eigenvalue weighted by molar-refractivity contribution is 5.96. The van der Waals surface area contributed by atoms with Gasteiger partial charge in [-0.05, 0) is 68.6 Å². The molecular formula is C22H34O4. The lowest BCUT2D eigenvalue weighted by atomic mass is 9.47. The molecule has 1 unspecified atom stereocenters. The van der Waals surface area contributed by atoms with E-state index in [9.17, 15) is 19.8 Å². The minimum absolute atomic E-state index is 0.0291. The second-order valence-corrected chi connectivity index (χ2v) is 9.74. The molecule has 0 aliphatic heterocycles. The van der Waals surface area contributed by atoms with Gasteiger partial charge in [-0.2, -0.15) is 0 Å². The molecule has 146 valence electrons. The van der Waals surface area contributed by atoms with Crippen LogP contribution in [0.1, 0.15) is 73.1 Å². The summed E-state index contributed by atoms with van der Waals surface area (Å²) in [4.78, 5) is 23.3. The first-order valence-electron chi connectivity index (χ1n) is 9.69. The minimum atomic E-state index is -1.41. The zero-order valence-corrected chi connectivity index (χ0v) is 16.9. The van der Waals surface area contributed by atoms with E-state index in [1.165, 1.54) is 32.3 Å². The van der Waals surface area contributed by atoms with Gasteiger partial charge >= 0.3 is 11.9 Å². The predicted molar refractivity (Wildman–Crippen MR) is 103 cm³/mol. The number of rotatable bonds is 5. The third-order valence-electron chi connectivity index (χ3n) is 7.32. The second-order valence-electron chi connectivity index (χ2n) is 9.74. The summed E-state index contributed by atoms with van der Waals surface area (Å²) < 4.78 is 0. The topological polar surface area (TPSA) is 74.6 Å². The van der Waals surface area contributed by atoms with Crippen molar-refractivity contribution in [1.29, 1.82) is 0 Å². The fourth-order valence-electron chi connectivity index (χ4n) is 5.67. The van der Waals surface area contributed by atoms with E-state index in [0.717, 1.165) is 19.3 Å². The first kappa shape index (κ1) is 20.7. The molecule has 0 aromatic heterocycles. The van der Waals surface area contributed by atoms with Gasteiger partial charge in [0.2, 0.25) is 0 Å². The first-order chi connectivity index (χ1) is 11.8. The molecule has 2 aliphatic rings. The van der Waals surface area contributed by atoms with Crippen LogP contribution in [-0.2, 0) is 9.59 Å². The maximum atomic E-state index is 11.7. The quantitative estimate of drug-likeness (QED) is 0.514. The molecule has 0 bridgehead atoms. The summed E-state index contributed by atoms with van der Waals surface area (Å²) in [5.74, 6) is -1.46. The number of carboxylic acids is 2. The standard InChI is InChI=1S/C22H34O4/c1-14-8-11-17-20(2,3)12-7-13-22(17,6)15(14)9-10-16(18(23)24)21(4,5)19(25)26/h10,15,17H,1,7-9,11-13H2,2-6H3,(H,23,24)(H,25,26)/t15-,17?,22+/m0/s1. The normalized spacial score (nSPS) is 32.0. The average molecular weight is 363 g/mol. The Balaban J connectivity index is 2.38. The van der Waals surface area contributed by atoms with Crippen molar-refractivity contribution >= 4 is 11.9 Å². The van der Waals surface area contributed by atoms with E-state index in [1.54, 1.807) is 6.08 Å². The predicted octanol–water partition coefficient (Wildman–Crippen LogP) is 5.30. The zero-order valence-electron chi connectivity index (χ0n) is 16.9. The number of fused-ring (bicyclic) bond motifs is 1. The van der Waals surface area contributed by atoms with Crippen molar-refractivity contribution in [3.63, 3.8) is 0 Å². The molecule has 0 amide bonds. The summed E-state index contributed by atoms with van der Waals surface area (Å²) in [6.07, 6.45) is 7.88. The molecule has 2 fully saturated rings. The molecule has 0 radical (unpaired) electrons. The molecule has 0 aromatic carbocycles. The monoisotopic (exact) mass is 362 g/mol. The van der Waals surface area contributed by atoms with Crippen molar-refractivity contribution in [2.45, 2.75) is 73.1 Å². The molecule has 0 spiro atoms. The van der Waals surface area contributed by atoms with Crippen LogP contribution in [0.25, 0.3) is 0 Å². The molecule has 3 atom stereocenters. The van der Waals surface area contributed by atoms with E-state index in [1.807, 2.05) is 0 Å². The highest BCUT2D eigenvalue weighted by Gasteiger charge is 2.52. The Morgan fingerprint density at radius 3 is 2.38 bits per heavy atom. The Morgan fingerprint density at radius 2 is 1.85 bits per heavy atom. The third kappa shape index (κ3) is 3.47. The maximum Gasteiger partial charge on any atom is 0.332 e. The molecule has 2 saturated carbocycles. The van der Waals surface area contributed by atoms with E-state index < -0.39 is 17.4 Å². The third-order valence-corrected chi connectivity index (χ3v) is 7.32. The summed E-state index contributed by atoms with van der Waals surface area (Å²) in [5.41, 5.74) is 0.138. The highest BCUT2D eigenvalue weighted by Crippen LogP contribution is 2.61.